The minimum atomic E-state index is -0.793. The van der Waals surface area contributed by atoms with Crippen LogP contribution in [0.2, 0.25) is 0 Å². The normalized spacial score (nSPS) is 27.5. The van der Waals surface area contributed by atoms with Gasteiger partial charge in [-0.05, 0) is 106 Å². The molecule has 4 heterocycles. The minimum absolute atomic E-state index is 0.126. The average molecular weight is 592 g/mol. The maximum absolute atomic E-state index is 13.0. The van der Waals surface area contributed by atoms with Crippen LogP contribution in [-0.2, 0) is 37.4 Å². The Labute approximate surface area is 256 Å². The van der Waals surface area contributed by atoms with Crippen molar-refractivity contribution in [1.29, 1.82) is 0 Å². The number of aliphatic carboxylic acids is 1. The molecule has 1 aliphatic carbocycles. The second-order valence-electron chi connectivity index (χ2n) is 13.3. The van der Waals surface area contributed by atoms with Gasteiger partial charge in [-0.3, -0.25) is 9.69 Å². The highest BCUT2D eigenvalue weighted by molar-refractivity contribution is 5.77. The molecule has 3 aliphatic heterocycles. The first kappa shape index (κ1) is 30.5. The Morgan fingerprint density at radius 2 is 2.14 bits per heavy atom. The van der Waals surface area contributed by atoms with Crippen LogP contribution in [0.5, 0.6) is 0 Å². The van der Waals surface area contributed by atoms with E-state index in [0.717, 1.165) is 111 Å². The van der Waals surface area contributed by atoms with E-state index in [9.17, 15) is 9.90 Å². The molecule has 4 aliphatic rings. The molecule has 234 valence electrons. The van der Waals surface area contributed by atoms with Crippen molar-refractivity contribution in [2.45, 2.75) is 108 Å². The molecular weight excluding hydrogens is 542 g/mol. The number of carbonyl (C=O) groups is 1. The van der Waals surface area contributed by atoms with E-state index in [1.807, 2.05) is 7.05 Å². The van der Waals surface area contributed by atoms with Gasteiger partial charge in [-0.2, -0.15) is 0 Å². The summed E-state index contributed by atoms with van der Waals surface area (Å²) in [6, 6.07) is 8.16. The Hall–Kier alpha value is -2.52. The van der Waals surface area contributed by atoms with E-state index in [0.29, 0.717) is 13.2 Å². The zero-order valence-corrected chi connectivity index (χ0v) is 26.2. The van der Waals surface area contributed by atoms with Crippen LogP contribution < -0.4 is 5.32 Å². The molecule has 2 N–H and O–H groups in total. The van der Waals surface area contributed by atoms with E-state index in [2.05, 4.69) is 48.3 Å². The highest BCUT2D eigenvalue weighted by Gasteiger charge is 2.45. The number of rotatable bonds is 10. The molecule has 1 unspecified atom stereocenters. The molecule has 0 bridgehead atoms. The highest BCUT2D eigenvalue weighted by Crippen LogP contribution is 2.47. The second-order valence-corrected chi connectivity index (χ2v) is 13.3. The number of nitrogens with one attached hydrogen (secondary N) is 1. The van der Waals surface area contributed by atoms with Gasteiger partial charge >= 0.3 is 5.97 Å². The average Bonchev–Trinajstić information content (AvgIpc) is 3.48. The van der Waals surface area contributed by atoms with Gasteiger partial charge in [-0.1, -0.05) is 30.7 Å². The second kappa shape index (κ2) is 13.2. The minimum Gasteiger partial charge on any atom is -0.480 e. The molecule has 8 heteroatoms. The Morgan fingerprint density at radius 1 is 1.26 bits per heavy atom. The third-order valence-corrected chi connectivity index (χ3v) is 10.2. The molecule has 0 amide bonds. The van der Waals surface area contributed by atoms with Crippen LogP contribution in [0.3, 0.4) is 0 Å². The van der Waals surface area contributed by atoms with E-state index < -0.39 is 17.6 Å². The van der Waals surface area contributed by atoms with Gasteiger partial charge in [0, 0.05) is 37.4 Å². The fourth-order valence-electron chi connectivity index (χ4n) is 7.86. The van der Waals surface area contributed by atoms with Gasteiger partial charge in [0.25, 0.3) is 0 Å². The number of benzene rings is 1. The van der Waals surface area contributed by atoms with Crippen LogP contribution in [0.15, 0.2) is 24.3 Å². The smallest absolute Gasteiger partial charge is 0.325 e. The Balaban J connectivity index is 1.07. The fraction of sp³-hybridized carbons (Fsp3) is 0.657. The molecule has 1 aromatic heterocycles. The lowest BCUT2D eigenvalue weighted by Gasteiger charge is -2.45. The summed E-state index contributed by atoms with van der Waals surface area (Å²) >= 11 is 0. The number of hydrogen-bond donors (Lipinski definition) is 2. The van der Waals surface area contributed by atoms with E-state index in [-0.39, 0.29) is 18.1 Å². The van der Waals surface area contributed by atoms with E-state index >= 15 is 0 Å². The molecular formula is C35H49N3O5. The van der Waals surface area contributed by atoms with Crippen molar-refractivity contribution >= 4 is 11.8 Å². The molecule has 0 radical (unpaired) electrons. The number of pyridine rings is 1. The Kier molecular flexibility index (Phi) is 9.38. The molecule has 1 aromatic carbocycles. The van der Waals surface area contributed by atoms with Crippen LogP contribution in [-0.4, -0.2) is 73.1 Å². The van der Waals surface area contributed by atoms with Crippen molar-refractivity contribution < 1.29 is 24.1 Å². The first-order chi connectivity index (χ1) is 20.8. The number of carboxylic acids is 1. The van der Waals surface area contributed by atoms with Crippen molar-refractivity contribution in [3.63, 3.8) is 0 Å². The molecule has 1 saturated heterocycles. The molecule has 1 saturated carbocycles. The molecule has 8 nitrogen and oxygen atoms in total. The number of unbranched alkanes of at least 4 members (excludes halogenated alkanes) is 1. The zero-order valence-electron chi connectivity index (χ0n) is 26.2. The Morgan fingerprint density at radius 3 is 2.95 bits per heavy atom. The maximum Gasteiger partial charge on any atom is 0.325 e. The molecule has 1 spiro atoms. The van der Waals surface area contributed by atoms with Crippen molar-refractivity contribution in [2.24, 2.45) is 0 Å². The summed E-state index contributed by atoms with van der Waals surface area (Å²) in [7, 11) is 1.99. The summed E-state index contributed by atoms with van der Waals surface area (Å²) in [5, 5.41) is 14.1. The van der Waals surface area contributed by atoms with Crippen molar-refractivity contribution in [3.8, 4) is 0 Å². The van der Waals surface area contributed by atoms with Crippen molar-refractivity contribution in [2.75, 3.05) is 45.3 Å². The predicted molar refractivity (Wildman–Crippen MR) is 167 cm³/mol. The lowest BCUT2D eigenvalue weighted by atomic mass is 9.75. The summed E-state index contributed by atoms with van der Waals surface area (Å²) in [6.07, 6.45) is 10.1. The van der Waals surface area contributed by atoms with Gasteiger partial charge in [0.05, 0.1) is 19.3 Å². The van der Waals surface area contributed by atoms with Crippen molar-refractivity contribution in [3.05, 3.63) is 57.8 Å². The monoisotopic (exact) mass is 591 g/mol. The summed E-state index contributed by atoms with van der Waals surface area (Å²) < 4.78 is 18.7. The van der Waals surface area contributed by atoms with E-state index in [1.165, 1.54) is 12.0 Å². The molecule has 2 aromatic rings. The fourth-order valence-corrected chi connectivity index (χ4v) is 7.86. The number of carboxylic acid groups (broad SMARTS) is 1. The first-order valence-corrected chi connectivity index (χ1v) is 16.5. The molecule has 43 heavy (non-hydrogen) atoms. The summed E-state index contributed by atoms with van der Waals surface area (Å²) in [5.41, 5.74) is 6.29. The Bertz CT molecular complexity index is 1290. The van der Waals surface area contributed by atoms with Crippen molar-refractivity contribution in [1.82, 2.24) is 9.88 Å². The van der Waals surface area contributed by atoms with Crippen LogP contribution >= 0.6 is 0 Å². The number of aryl methyl sites for hydroxylation is 3. The number of likely N-dealkylation sites (N-methyl/N-ethyl adjacent to an activating group) is 1. The van der Waals surface area contributed by atoms with Gasteiger partial charge in [0.2, 0.25) is 0 Å². The number of nitrogens with zero attached hydrogens (tertiary/aromatic N) is 2. The SMILES string of the molecule is Cc1cc(C(C(=O)O)N(C)[C@H]2CC[C@H](OCCCCc3ccc4c(n3)NCCC4)C2)c2c(c1)[C@]1(CCCOC1)OC[C@H]2C. The van der Waals surface area contributed by atoms with Gasteiger partial charge in [0.1, 0.15) is 17.5 Å². The quantitative estimate of drug-likeness (QED) is 0.330. The number of ether oxygens (including phenoxy) is 3. The van der Waals surface area contributed by atoms with Gasteiger partial charge in [-0.15, -0.1) is 0 Å². The van der Waals surface area contributed by atoms with Gasteiger partial charge < -0.3 is 24.6 Å². The van der Waals surface area contributed by atoms with Crippen LogP contribution in [0.4, 0.5) is 5.82 Å². The van der Waals surface area contributed by atoms with E-state index in [4.69, 9.17) is 19.2 Å². The molecule has 5 atom stereocenters. The third kappa shape index (κ3) is 6.48. The molecule has 6 rings (SSSR count). The lowest BCUT2D eigenvalue weighted by Crippen LogP contribution is -2.45. The highest BCUT2D eigenvalue weighted by atomic mass is 16.5. The van der Waals surface area contributed by atoms with Crippen LogP contribution in [0.25, 0.3) is 0 Å². The number of hydrogen-bond acceptors (Lipinski definition) is 7. The number of fused-ring (bicyclic) bond motifs is 3. The largest absolute Gasteiger partial charge is 0.480 e. The van der Waals surface area contributed by atoms with Crippen LogP contribution in [0, 0.1) is 6.92 Å². The summed E-state index contributed by atoms with van der Waals surface area (Å²) in [4.78, 5) is 19.9. The predicted octanol–water partition coefficient (Wildman–Crippen LogP) is 5.91. The third-order valence-electron chi connectivity index (χ3n) is 10.2. The van der Waals surface area contributed by atoms with E-state index in [1.54, 1.807) is 0 Å². The lowest BCUT2D eigenvalue weighted by molar-refractivity contribution is -0.147. The summed E-state index contributed by atoms with van der Waals surface area (Å²) in [6.45, 7) is 7.85. The molecule has 2 fully saturated rings. The topological polar surface area (TPSA) is 93.2 Å². The van der Waals surface area contributed by atoms with Gasteiger partial charge in [-0.25, -0.2) is 4.98 Å². The first-order valence-electron chi connectivity index (χ1n) is 16.5. The summed E-state index contributed by atoms with van der Waals surface area (Å²) in [5.74, 6) is 0.399. The zero-order chi connectivity index (χ0) is 30.0. The maximum atomic E-state index is 13.0. The number of anilines is 1. The van der Waals surface area contributed by atoms with Crippen LogP contribution in [0.1, 0.15) is 104 Å². The van der Waals surface area contributed by atoms with Gasteiger partial charge in [0.15, 0.2) is 0 Å². The number of aromatic nitrogens is 1. The standard InChI is InChI=1S/C35H49N3O5/c1-23-18-29(31-24(2)21-43-35(30(31)19-23)14-7-16-41-22-35)32(34(39)40)38(3)27-12-13-28(20-27)42-17-5-4-9-26-11-10-25-8-6-15-36-33(25)37-26/h10-11,18-19,24,27-28,32H,4-9,12-17,20-22H2,1-3H3,(H,36,37)(H,39,40)/t24-,27+,28+,32?,35-/m1/s1.